The van der Waals surface area contributed by atoms with Crippen molar-refractivity contribution in [2.24, 2.45) is 0 Å². The Labute approximate surface area is 156 Å². The quantitative estimate of drug-likeness (QED) is 0.722. The Hall–Kier alpha value is -1.43. The molecule has 0 aliphatic carbocycles. The van der Waals surface area contributed by atoms with E-state index in [-0.39, 0.29) is 0 Å². The molecule has 5 heteroatoms. The second-order valence-electron chi connectivity index (χ2n) is 6.92. The molecule has 0 radical (unpaired) electrons. The van der Waals surface area contributed by atoms with Crippen molar-refractivity contribution < 1.29 is 0 Å². The number of aromatic nitrogens is 1. The summed E-state index contributed by atoms with van der Waals surface area (Å²) in [5, 5.41) is 3.45. The Balaban J connectivity index is 1.44. The monoisotopic (exact) mass is 358 g/mol. The SMILES string of the molecule is CCCN1CCN(c2nc(CCN(C)Cc3ccccc3)cs2)CC1. The fourth-order valence-corrected chi connectivity index (χ4v) is 4.23. The fraction of sp³-hybridized carbons (Fsp3) is 0.550. The van der Waals surface area contributed by atoms with Crippen molar-refractivity contribution >= 4 is 16.5 Å². The molecule has 1 aromatic heterocycles. The number of likely N-dealkylation sites (N-methyl/N-ethyl adjacent to an activating group) is 1. The van der Waals surface area contributed by atoms with Gasteiger partial charge < -0.3 is 9.80 Å². The molecule has 4 nitrogen and oxygen atoms in total. The Morgan fingerprint density at radius 1 is 1.12 bits per heavy atom. The van der Waals surface area contributed by atoms with Crippen LogP contribution in [0, 0.1) is 0 Å². The molecule has 136 valence electrons. The maximum atomic E-state index is 4.88. The minimum Gasteiger partial charge on any atom is -0.346 e. The van der Waals surface area contributed by atoms with E-state index in [2.05, 4.69) is 64.4 Å². The van der Waals surface area contributed by atoms with Crippen molar-refractivity contribution in [3.05, 3.63) is 47.0 Å². The van der Waals surface area contributed by atoms with Crippen LogP contribution in [0.5, 0.6) is 0 Å². The minimum absolute atomic E-state index is 0.997. The van der Waals surface area contributed by atoms with E-state index >= 15 is 0 Å². The Morgan fingerprint density at radius 2 is 1.88 bits per heavy atom. The van der Waals surface area contributed by atoms with Crippen LogP contribution in [-0.2, 0) is 13.0 Å². The van der Waals surface area contributed by atoms with Gasteiger partial charge in [-0.2, -0.15) is 0 Å². The first-order valence-electron chi connectivity index (χ1n) is 9.39. The third-order valence-electron chi connectivity index (χ3n) is 4.77. The predicted octanol–water partition coefficient (Wildman–Crippen LogP) is 3.35. The number of anilines is 1. The van der Waals surface area contributed by atoms with Gasteiger partial charge in [-0.3, -0.25) is 4.90 Å². The first kappa shape index (κ1) is 18.4. The minimum atomic E-state index is 0.997. The summed E-state index contributed by atoms with van der Waals surface area (Å²) in [6, 6.07) is 10.7. The van der Waals surface area contributed by atoms with Gasteiger partial charge >= 0.3 is 0 Å². The summed E-state index contributed by atoms with van der Waals surface area (Å²) in [5.74, 6) is 0. The average molecular weight is 359 g/mol. The topological polar surface area (TPSA) is 22.6 Å². The third kappa shape index (κ3) is 5.53. The van der Waals surface area contributed by atoms with E-state index in [0.717, 1.165) is 32.6 Å². The summed E-state index contributed by atoms with van der Waals surface area (Å²) in [7, 11) is 2.19. The zero-order chi connectivity index (χ0) is 17.5. The molecule has 3 rings (SSSR count). The molecule has 0 unspecified atom stereocenters. The Bertz CT molecular complexity index is 620. The van der Waals surface area contributed by atoms with Gasteiger partial charge in [0.05, 0.1) is 5.69 Å². The van der Waals surface area contributed by atoms with Crippen molar-refractivity contribution in [2.45, 2.75) is 26.3 Å². The molecule has 1 aliphatic rings. The highest BCUT2D eigenvalue weighted by Crippen LogP contribution is 2.22. The number of hydrogen-bond donors (Lipinski definition) is 0. The van der Waals surface area contributed by atoms with Crippen LogP contribution in [0.25, 0.3) is 0 Å². The lowest BCUT2D eigenvalue weighted by Crippen LogP contribution is -2.46. The molecule has 1 saturated heterocycles. The summed E-state index contributed by atoms with van der Waals surface area (Å²) >= 11 is 1.80. The molecule has 0 bridgehead atoms. The molecular formula is C20H30N4S. The lowest BCUT2D eigenvalue weighted by Gasteiger charge is -2.34. The molecule has 25 heavy (non-hydrogen) atoms. The molecule has 2 aromatic rings. The van der Waals surface area contributed by atoms with Gasteiger partial charge in [0, 0.05) is 51.1 Å². The van der Waals surface area contributed by atoms with E-state index in [1.165, 1.54) is 42.4 Å². The van der Waals surface area contributed by atoms with Crippen LogP contribution in [0.1, 0.15) is 24.6 Å². The third-order valence-corrected chi connectivity index (χ3v) is 5.72. The number of hydrogen-bond acceptors (Lipinski definition) is 5. The van der Waals surface area contributed by atoms with Gasteiger partial charge in [-0.1, -0.05) is 37.3 Å². The van der Waals surface area contributed by atoms with Crippen LogP contribution in [0.15, 0.2) is 35.7 Å². The number of nitrogens with zero attached hydrogens (tertiary/aromatic N) is 4. The lowest BCUT2D eigenvalue weighted by molar-refractivity contribution is 0.258. The summed E-state index contributed by atoms with van der Waals surface area (Å²) in [6.45, 7) is 10.1. The van der Waals surface area contributed by atoms with Gasteiger partial charge in [0.1, 0.15) is 0 Å². The van der Waals surface area contributed by atoms with Crippen LogP contribution in [-0.4, -0.2) is 61.1 Å². The Morgan fingerprint density at radius 3 is 2.60 bits per heavy atom. The number of thiazole rings is 1. The summed E-state index contributed by atoms with van der Waals surface area (Å²) in [4.78, 5) is 12.3. The zero-order valence-corrected chi connectivity index (χ0v) is 16.3. The molecule has 0 N–H and O–H groups in total. The van der Waals surface area contributed by atoms with E-state index in [4.69, 9.17) is 4.98 Å². The second-order valence-corrected chi connectivity index (χ2v) is 7.76. The highest BCUT2D eigenvalue weighted by atomic mass is 32.1. The Kier molecular flexibility index (Phi) is 6.84. The van der Waals surface area contributed by atoms with E-state index < -0.39 is 0 Å². The van der Waals surface area contributed by atoms with Gasteiger partial charge in [-0.25, -0.2) is 4.98 Å². The van der Waals surface area contributed by atoms with Gasteiger partial charge in [-0.05, 0) is 25.6 Å². The van der Waals surface area contributed by atoms with Crippen molar-refractivity contribution in [1.29, 1.82) is 0 Å². The summed E-state index contributed by atoms with van der Waals surface area (Å²) < 4.78 is 0. The summed E-state index contributed by atoms with van der Waals surface area (Å²) in [5.41, 5.74) is 2.60. The lowest BCUT2D eigenvalue weighted by atomic mass is 10.2. The molecule has 1 fully saturated rings. The van der Waals surface area contributed by atoms with Crippen molar-refractivity contribution in [2.75, 3.05) is 51.2 Å². The van der Waals surface area contributed by atoms with E-state index in [0.29, 0.717) is 0 Å². The van der Waals surface area contributed by atoms with Gasteiger partial charge in [0.2, 0.25) is 0 Å². The first-order valence-corrected chi connectivity index (χ1v) is 10.3. The largest absolute Gasteiger partial charge is 0.346 e. The molecule has 0 atom stereocenters. The van der Waals surface area contributed by atoms with Crippen molar-refractivity contribution in [3.63, 3.8) is 0 Å². The first-order chi connectivity index (χ1) is 12.2. The fourth-order valence-electron chi connectivity index (χ4n) is 3.31. The van der Waals surface area contributed by atoms with Crippen LogP contribution in [0.4, 0.5) is 5.13 Å². The van der Waals surface area contributed by atoms with E-state index in [1.54, 1.807) is 11.3 Å². The van der Waals surface area contributed by atoms with Crippen molar-refractivity contribution in [3.8, 4) is 0 Å². The molecule has 0 saturated carbocycles. The molecule has 0 amide bonds. The van der Waals surface area contributed by atoms with E-state index in [9.17, 15) is 0 Å². The maximum Gasteiger partial charge on any atom is 0.185 e. The standard InChI is InChI=1S/C20H30N4S/c1-3-10-23-12-14-24(15-13-23)20-21-19(17-25-20)9-11-22(2)16-18-7-5-4-6-8-18/h4-8,17H,3,9-16H2,1-2H3. The number of rotatable bonds is 8. The van der Waals surface area contributed by atoms with E-state index in [1.807, 2.05) is 0 Å². The van der Waals surface area contributed by atoms with Crippen LogP contribution in [0.2, 0.25) is 0 Å². The van der Waals surface area contributed by atoms with Crippen LogP contribution in [0.3, 0.4) is 0 Å². The predicted molar refractivity (Wildman–Crippen MR) is 108 cm³/mol. The van der Waals surface area contributed by atoms with Gasteiger partial charge in [0.25, 0.3) is 0 Å². The van der Waals surface area contributed by atoms with Crippen molar-refractivity contribution in [1.82, 2.24) is 14.8 Å². The second kappa shape index (κ2) is 9.32. The highest BCUT2D eigenvalue weighted by molar-refractivity contribution is 7.13. The summed E-state index contributed by atoms with van der Waals surface area (Å²) in [6.07, 6.45) is 2.27. The van der Waals surface area contributed by atoms with Crippen LogP contribution >= 0.6 is 11.3 Å². The molecule has 0 spiro atoms. The zero-order valence-electron chi connectivity index (χ0n) is 15.5. The normalized spacial score (nSPS) is 15.9. The molecule has 1 aromatic carbocycles. The molecule has 2 heterocycles. The average Bonchev–Trinajstić information content (AvgIpc) is 3.11. The van der Waals surface area contributed by atoms with Gasteiger partial charge in [-0.15, -0.1) is 11.3 Å². The van der Waals surface area contributed by atoms with Gasteiger partial charge in [0.15, 0.2) is 5.13 Å². The maximum absolute atomic E-state index is 4.88. The smallest absolute Gasteiger partial charge is 0.185 e. The molecular weight excluding hydrogens is 328 g/mol. The highest BCUT2D eigenvalue weighted by Gasteiger charge is 2.18. The van der Waals surface area contributed by atoms with Crippen LogP contribution < -0.4 is 4.90 Å². The number of piperazine rings is 1. The number of benzene rings is 1. The molecule has 1 aliphatic heterocycles.